The molecule has 0 radical (unpaired) electrons. The van der Waals surface area contributed by atoms with E-state index in [0.717, 1.165) is 30.6 Å². The topological polar surface area (TPSA) is 38.1 Å². The molecule has 4 nitrogen and oxygen atoms in total. The lowest BCUT2D eigenvalue weighted by atomic mass is 10.00. The molecule has 2 heterocycles. The number of carbonyl (C=O) groups excluding carboxylic acids is 1. The van der Waals surface area contributed by atoms with E-state index in [0.29, 0.717) is 5.92 Å². The standard InChI is InChI=1S/C22H25N3O/c1-16-7-6-12-24(14-16)22(26)17(2)25-15-19(13-23-25)21-11-5-9-18-8-3-4-10-20(18)21/h3-5,8-11,13,15-17H,6-7,12,14H2,1-2H3. The second kappa shape index (κ2) is 6.94. The molecule has 2 aromatic carbocycles. The highest BCUT2D eigenvalue weighted by molar-refractivity contribution is 5.96. The summed E-state index contributed by atoms with van der Waals surface area (Å²) < 4.78 is 1.80. The van der Waals surface area contributed by atoms with Crippen LogP contribution in [0, 0.1) is 5.92 Å². The Morgan fingerprint density at radius 1 is 1.19 bits per heavy atom. The molecular weight excluding hydrogens is 322 g/mol. The van der Waals surface area contributed by atoms with E-state index in [1.165, 1.54) is 17.2 Å². The molecule has 0 aliphatic carbocycles. The molecular formula is C22H25N3O. The molecule has 134 valence electrons. The van der Waals surface area contributed by atoms with Gasteiger partial charge in [0.15, 0.2) is 0 Å². The Balaban J connectivity index is 1.60. The molecule has 0 spiro atoms. The van der Waals surface area contributed by atoms with Gasteiger partial charge in [-0.2, -0.15) is 5.10 Å². The Morgan fingerprint density at radius 2 is 2.00 bits per heavy atom. The number of hydrogen-bond acceptors (Lipinski definition) is 2. The van der Waals surface area contributed by atoms with Crippen molar-refractivity contribution in [3.05, 3.63) is 54.9 Å². The van der Waals surface area contributed by atoms with E-state index in [1.807, 2.05) is 24.2 Å². The molecule has 1 fully saturated rings. The zero-order valence-corrected chi connectivity index (χ0v) is 15.4. The molecule has 1 aromatic heterocycles. The quantitative estimate of drug-likeness (QED) is 0.698. The molecule has 0 N–H and O–H groups in total. The van der Waals surface area contributed by atoms with E-state index in [9.17, 15) is 4.79 Å². The maximum atomic E-state index is 12.9. The number of hydrogen-bond donors (Lipinski definition) is 0. The molecule has 2 unspecified atom stereocenters. The summed E-state index contributed by atoms with van der Waals surface area (Å²) in [6.07, 6.45) is 6.17. The van der Waals surface area contributed by atoms with Gasteiger partial charge in [0.25, 0.3) is 0 Å². The summed E-state index contributed by atoms with van der Waals surface area (Å²) in [5.41, 5.74) is 2.20. The van der Waals surface area contributed by atoms with Crippen molar-refractivity contribution in [1.29, 1.82) is 0 Å². The van der Waals surface area contributed by atoms with E-state index in [4.69, 9.17) is 0 Å². The predicted octanol–water partition coefficient (Wildman–Crippen LogP) is 4.52. The lowest BCUT2D eigenvalue weighted by Gasteiger charge is -2.32. The largest absolute Gasteiger partial charge is 0.341 e. The van der Waals surface area contributed by atoms with Gasteiger partial charge in [0.1, 0.15) is 6.04 Å². The lowest BCUT2D eigenvalue weighted by molar-refractivity contribution is -0.136. The number of benzene rings is 2. The van der Waals surface area contributed by atoms with Crippen LogP contribution >= 0.6 is 0 Å². The molecule has 0 saturated carbocycles. The molecule has 4 rings (SSSR count). The maximum absolute atomic E-state index is 12.9. The van der Waals surface area contributed by atoms with Crippen molar-refractivity contribution < 1.29 is 4.79 Å². The first-order chi connectivity index (χ1) is 12.6. The summed E-state index contributed by atoms with van der Waals surface area (Å²) in [6.45, 7) is 5.89. The van der Waals surface area contributed by atoms with Gasteiger partial charge >= 0.3 is 0 Å². The van der Waals surface area contributed by atoms with Crippen LogP contribution in [0.1, 0.15) is 32.7 Å². The molecule has 4 heteroatoms. The Labute approximate surface area is 154 Å². The van der Waals surface area contributed by atoms with Gasteiger partial charge in [-0.3, -0.25) is 9.48 Å². The SMILES string of the molecule is CC1CCCN(C(=O)C(C)n2cc(-c3cccc4ccccc34)cn2)C1. The number of fused-ring (bicyclic) bond motifs is 1. The van der Waals surface area contributed by atoms with Crippen molar-refractivity contribution in [2.45, 2.75) is 32.7 Å². The smallest absolute Gasteiger partial charge is 0.247 e. The van der Waals surface area contributed by atoms with Gasteiger partial charge in [0.2, 0.25) is 5.91 Å². The minimum absolute atomic E-state index is 0.170. The third-order valence-corrected chi connectivity index (χ3v) is 5.43. The summed E-state index contributed by atoms with van der Waals surface area (Å²) in [6, 6.07) is 14.4. The van der Waals surface area contributed by atoms with Gasteiger partial charge in [-0.05, 0) is 42.0 Å². The van der Waals surface area contributed by atoms with Crippen LogP contribution in [0.15, 0.2) is 54.9 Å². The second-order valence-electron chi connectivity index (χ2n) is 7.44. The average molecular weight is 347 g/mol. The van der Waals surface area contributed by atoms with Crippen molar-refractivity contribution >= 4 is 16.7 Å². The van der Waals surface area contributed by atoms with Gasteiger partial charge < -0.3 is 4.90 Å². The molecule has 1 aliphatic rings. The Morgan fingerprint density at radius 3 is 2.85 bits per heavy atom. The van der Waals surface area contributed by atoms with E-state index in [-0.39, 0.29) is 11.9 Å². The maximum Gasteiger partial charge on any atom is 0.247 e. The number of aromatic nitrogens is 2. The Bertz CT molecular complexity index is 925. The Kier molecular flexibility index (Phi) is 4.49. The number of amides is 1. The van der Waals surface area contributed by atoms with Gasteiger partial charge in [-0.25, -0.2) is 0 Å². The number of rotatable bonds is 3. The fourth-order valence-electron chi connectivity index (χ4n) is 3.93. The first kappa shape index (κ1) is 16.8. The summed E-state index contributed by atoms with van der Waals surface area (Å²) >= 11 is 0. The van der Waals surface area contributed by atoms with E-state index in [1.54, 1.807) is 4.68 Å². The average Bonchev–Trinajstić information content (AvgIpc) is 3.16. The normalized spacial score (nSPS) is 18.8. The van der Waals surface area contributed by atoms with Crippen LogP contribution in [-0.2, 0) is 4.79 Å². The van der Waals surface area contributed by atoms with Crippen molar-refractivity contribution in [3.63, 3.8) is 0 Å². The minimum Gasteiger partial charge on any atom is -0.341 e. The van der Waals surface area contributed by atoms with E-state index >= 15 is 0 Å². The van der Waals surface area contributed by atoms with Crippen LogP contribution in [-0.4, -0.2) is 33.7 Å². The lowest BCUT2D eigenvalue weighted by Crippen LogP contribution is -2.42. The van der Waals surface area contributed by atoms with Crippen LogP contribution in [0.25, 0.3) is 21.9 Å². The predicted molar refractivity (Wildman–Crippen MR) is 105 cm³/mol. The van der Waals surface area contributed by atoms with E-state index < -0.39 is 0 Å². The number of likely N-dealkylation sites (tertiary alicyclic amines) is 1. The zero-order chi connectivity index (χ0) is 18.1. The Hall–Kier alpha value is -2.62. The van der Waals surface area contributed by atoms with Crippen LogP contribution in [0.4, 0.5) is 0 Å². The monoisotopic (exact) mass is 347 g/mol. The van der Waals surface area contributed by atoms with Gasteiger partial charge in [-0.15, -0.1) is 0 Å². The van der Waals surface area contributed by atoms with Gasteiger partial charge in [-0.1, -0.05) is 49.4 Å². The molecule has 0 bridgehead atoms. The summed E-state index contributed by atoms with van der Waals surface area (Å²) in [4.78, 5) is 14.9. The third-order valence-electron chi connectivity index (χ3n) is 5.43. The van der Waals surface area contributed by atoms with Gasteiger partial charge in [0, 0.05) is 24.8 Å². The summed E-state index contributed by atoms with van der Waals surface area (Å²) in [5, 5.41) is 6.92. The minimum atomic E-state index is -0.274. The first-order valence-corrected chi connectivity index (χ1v) is 9.44. The van der Waals surface area contributed by atoms with Crippen LogP contribution in [0.3, 0.4) is 0 Å². The highest BCUT2D eigenvalue weighted by Crippen LogP contribution is 2.29. The highest BCUT2D eigenvalue weighted by Gasteiger charge is 2.26. The van der Waals surface area contributed by atoms with Crippen LogP contribution in [0.5, 0.6) is 0 Å². The van der Waals surface area contributed by atoms with Crippen molar-refractivity contribution in [2.24, 2.45) is 5.92 Å². The highest BCUT2D eigenvalue weighted by atomic mass is 16.2. The van der Waals surface area contributed by atoms with Crippen molar-refractivity contribution in [2.75, 3.05) is 13.1 Å². The van der Waals surface area contributed by atoms with Crippen molar-refractivity contribution in [1.82, 2.24) is 14.7 Å². The molecule has 1 amide bonds. The molecule has 1 aliphatic heterocycles. The number of carbonyl (C=O) groups is 1. The molecule has 3 aromatic rings. The fraction of sp³-hybridized carbons (Fsp3) is 0.364. The zero-order valence-electron chi connectivity index (χ0n) is 15.4. The summed E-state index contributed by atoms with van der Waals surface area (Å²) in [5.74, 6) is 0.757. The number of piperidine rings is 1. The fourth-order valence-corrected chi connectivity index (χ4v) is 3.93. The van der Waals surface area contributed by atoms with Crippen LogP contribution in [0.2, 0.25) is 0 Å². The van der Waals surface area contributed by atoms with E-state index in [2.05, 4.69) is 54.5 Å². The van der Waals surface area contributed by atoms with Crippen LogP contribution < -0.4 is 0 Å². The second-order valence-corrected chi connectivity index (χ2v) is 7.44. The molecule has 1 saturated heterocycles. The third kappa shape index (κ3) is 3.12. The molecule has 26 heavy (non-hydrogen) atoms. The summed E-state index contributed by atoms with van der Waals surface area (Å²) in [7, 11) is 0. The first-order valence-electron chi connectivity index (χ1n) is 9.44. The molecule has 2 atom stereocenters. The van der Waals surface area contributed by atoms with Gasteiger partial charge in [0.05, 0.1) is 6.20 Å². The number of nitrogens with zero attached hydrogens (tertiary/aromatic N) is 3. The van der Waals surface area contributed by atoms with Crippen molar-refractivity contribution in [3.8, 4) is 11.1 Å².